The molecule has 1 N–H and O–H groups in total. The quantitative estimate of drug-likeness (QED) is 0.270. The minimum Gasteiger partial charge on any atom is -0.467 e. The molecule has 1 amide bonds. The fourth-order valence-corrected chi connectivity index (χ4v) is 4.99. The van der Waals surface area contributed by atoms with Gasteiger partial charge < -0.3 is 14.5 Å². The molecule has 1 aromatic carbocycles. The highest BCUT2D eigenvalue weighted by molar-refractivity contribution is 7.99. The number of furan rings is 1. The number of anilines is 1. The first-order chi connectivity index (χ1) is 16.5. The summed E-state index contributed by atoms with van der Waals surface area (Å²) in [5.41, 5.74) is 1.46. The third-order valence-electron chi connectivity index (χ3n) is 5.00. The monoisotopic (exact) mass is 495 g/mol. The number of fused-ring (bicyclic) bond motifs is 3. The van der Waals surface area contributed by atoms with Gasteiger partial charge in [0.25, 0.3) is 5.56 Å². The minimum absolute atomic E-state index is 0.0719. The zero-order valence-corrected chi connectivity index (χ0v) is 19.4. The summed E-state index contributed by atoms with van der Waals surface area (Å²) in [4.78, 5) is 37.1. The molecule has 34 heavy (non-hydrogen) atoms. The molecule has 0 bridgehead atoms. The highest BCUT2D eigenvalue weighted by Crippen LogP contribution is 2.25. The number of nitrogens with zero attached hydrogens (tertiary/aromatic N) is 4. The van der Waals surface area contributed by atoms with E-state index in [9.17, 15) is 14.4 Å². The number of aromatic nitrogens is 4. The first-order valence-corrected chi connectivity index (χ1v) is 11.9. The number of thiophene rings is 1. The van der Waals surface area contributed by atoms with Gasteiger partial charge in [0.05, 0.1) is 36.8 Å². The maximum atomic E-state index is 13.0. The van der Waals surface area contributed by atoms with Gasteiger partial charge in [0.1, 0.15) is 10.5 Å². The molecule has 5 rings (SSSR count). The molecule has 0 fully saturated rings. The van der Waals surface area contributed by atoms with Gasteiger partial charge in [0, 0.05) is 5.69 Å². The molecule has 0 spiro atoms. The molecule has 4 heterocycles. The Morgan fingerprint density at radius 1 is 1.18 bits per heavy atom. The number of esters is 1. The van der Waals surface area contributed by atoms with E-state index in [1.165, 1.54) is 34.8 Å². The predicted octanol–water partition coefficient (Wildman–Crippen LogP) is 3.26. The Kier molecular flexibility index (Phi) is 5.90. The number of ether oxygens (including phenoxy) is 1. The van der Waals surface area contributed by atoms with Crippen LogP contribution >= 0.6 is 23.1 Å². The third-order valence-corrected chi connectivity index (χ3v) is 6.82. The molecule has 10 nitrogen and oxygen atoms in total. The molecule has 5 aromatic rings. The Labute approximate surface area is 200 Å². The molecule has 0 aliphatic heterocycles. The van der Waals surface area contributed by atoms with Gasteiger partial charge in [-0.2, -0.15) is 0 Å². The molecule has 0 unspecified atom stereocenters. The zero-order chi connectivity index (χ0) is 23.7. The lowest BCUT2D eigenvalue weighted by Crippen LogP contribution is -2.23. The van der Waals surface area contributed by atoms with E-state index in [0.29, 0.717) is 38.2 Å². The fraction of sp³-hybridized carbons (Fsp3) is 0.136. The van der Waals surface area contributed by atoms with Crippen molar-refractivity contribution in [2.45, 2.75) is 11.7 Å². The van der Waals surface area contributed by atoms with Crippen LogP contribution in [-0.4, -0.2) is 43.9 Å². The molecule has 0 saturated heterocycles. The summed E-state index contributed by atoms with van der Waals surface area (Å²) in [5, 5.41) is 13.6. The maximum Gasteiger partial charge on any atom is 0.337 e. The number of benzene rings is 1. The van der Waals surface area contributed by atoms with Crippen molar-refractivity contribution in [2.24, 2.45) is 0 Å². The highest BCUT2D eigenvalue weighted by Gasteiger charge is 2.19. The second kappa shape index (κ2) is 9.15. The summed E-state index contributed by atoms with van der Waals surface area (Å²) in [6.07, 6.45) is 1.55. The summed E-state index contributed by atoms with van der Waals surface area (Å²) in [7, 11) is 1.31. The number of thioether (sulfide) groups is 1. The molecule has 0 saturated carbocycles. The van der Waals surface area contributed by atoms with Crippen LogP contribution < -0.4 is 10.9 Å². The molecule has 172 valence electrons. The van der Waals surface area contributed by atoms with Gasteiger partial charge in [-0.3, -0.25) is 18.6 Å². The van der Waals surface area contributed by atoms with E-state index in [-0.39, 0.29) is 23.8 Å². The summed E-state index contributed by atoms with van der Waals surface area (Å²) >= 11 is 2.54. The number of carbonyl (C=O) groups excluding carboxylic acids is 2. The van der Waals surface area contributed by atoms with Crippen LogP contribution in [-0.2, 0) is 16.1 Å². The van der Waals surface area contributed by atoms with Crippen LogP contribution in [0.15, 0.2) is 68.5 Å². The van der Waals surface area contributed by atoms with Crippen molar-refractivity contribution in [2.75, 3.05) is 18.2 Å². The van der Waals surface area contributed by atoms with Crippen molar-refractivity contribution in [1.29, 1.82) is 0 Å². The van der Waals surface area contributed by atoms with Crippen LogP contribution in [0.5, 0.6) is 0 Å². The van der Waals surface area contributed by atoms with Crippen LogP contribution in [0.2, 0.25) is 0 Å². The molecular weight excluding hydrogens is 478 g/mol. The largest absolute Gasteiger partial charge is 0.467 e. The summed E-state index contributed by atoms with van der Waals surface area (Å²) in [5.74, 6) is 0.362. The van der Waals surface area contributed by atoms with Crippen LogP contribution in [0.1, 0.15) is 16.1 Å². The Hall–Kier alpha value is -3.90. The van der Waals surface area contributed by atoms with E-state index < -0.39 is 5.97 Å². The first kappa shape index (κ1) is 21.9. The van der Waals surface area contributed by atoms with Crippen LogP contribution in [0, 0.1) is 0 Å². The number of amides is 1. The van der Waals surface area contributed by atoms with Crippen molar-refractivity contribution in [1.82, 2.24) is 19.2 Å². The van der Waals surface area contributed by atoms with Crippen molar-refractivity contribution < 1.29 is 18.7 Å². The highest BCUT2D eigenvalue weighted by atomic mass is 32.2. The molecule has 0 aliphatic rings. The second-order valence-corrected chi connectivity index (χ2v) is 8.99. The van der Waals surface area contributed by atoms with Crippen LogP contribution in [0.3, 0.4) is 0 Å². The second-order valence-electron chi connectivity index (χ2n) is 7.13. The van der Waals surface area contributed by atoms with E-state index in [0.717, 1.165) is 0 Å². The number of nitrogens with one attached hydrogen (secondary N) is 1. The lowest BCUT2D eigenvalue weighted by Gasteiger charge is -2.08. The molecule has 0 radical (unpaired) electrons. The fourth-order valence-electron chi connectivity index (χ4n) is 3.43. The Morgan fingerprint density at radius 3 is 2.74 bits per heavy atom. The Morgan fingerprint density at radius 2 is 2.00 bits per heavy atom. The standard InChI is InChI=1S/C22H17N5O5S2/c1-31-20(30)13-4-6-14(7-5-13)23-17(28)12-34-22-25-24-21-26(11-15-3-2-9-32-15)19(29)18-16(27(21)22)8-10-33-18/h2-10H,11-12H2,1H3,(H,23,28). The molecular formula is C22H17N5O5S2. The van der Waals surface area contributed by atoms with E-state index in [4.69, 9.17) is 4.42 Å². The molecule has 0 atom stereocenters. The van der Waals surface area contributed by atoms with Gasteiger partial charge in [-0.05, 0) is 47.8 Å². The van der Waals surface area contributed by atoms with Crippen molar-refractivity contribution >= 4 is 56.7 Å². The number of methoxy groups -OCH3 is 1. The van der Waals surface area contributed by atoms with Crippen LogP contribution in [0.25, 0.3) is 16.0 Å². The van der Waals surface area contributed by atoms with E-state index >= 15 is 0 Å². The van der Waals surface area contributed by atoms with Crippen LogP contribution in [0.4, 0.5) is 5.69 Å². The Balaban J connectivity index is 1.38. The first-order valence-electron chi connectivity index (χ1n) is 10.0. The Bertz CT molecular complexity index is 1550. The lowest BCUT2D eigenvalue weighted by molar-refractivity contribution is -0.113. The topological polar surface area (TPSA) is 121 Å². The van der Waals surface area contributed by atoms with Crippen molar-refractivity contribution in [3.63, 3.8) is 0 Å². The van der Waals surface area contributed by atoms with Crippen molar-refractivity contribution in [3.8, 4) is 0 Å². The number of carbonyl (C=O) groups is 2. The molecule has 12 heteroatoms. The third kappa shape index (κ3) is 4.08. The summed E-state index contributed by atoms with van der Waals surface area (Å²) in [6.45, 7) is 0.216. The molecule has 0 aliphatic carbocycles. The predicted molar refractivity (Wildman–Crippen MR) is 128 cm³/mol. The lowest BCUT2D eigenvalue weighted by atomic mass is 10.2. The average Bonchev–Trinajstić information content (AvgIpc) is 3.61. The number of hydrogen-bond acceptors (Lipinski definition) is 9. The van der Waals surface area contributed by atoms with E-state index in [1.807, 2.05) is 11.4 Å². The van der Waals surface area contributed by atoms with Gasteiger partial charge in [-0.1, -0.05) is 11.8 Å². The normalized spacial score (nSPS) is 11.2. The number of rotatable bonds is 7. The smallest absolute Gasteiger partial charge is 0.337 e. The van der Waals surface area contributed by atoms with E-state index in [2.05, 4.69) is 20.3 Å². The summed E-state index contributed by atoms with van der Waals surface area (Å²) < 4.78 is 13.9. The average molecular weight is 496 g/mol. The van der Waals surface area contributed by atoms with Gasteiger partial charge in [-0.25, -0.2) is 4.79 Å². The maximum absolute atomic E-state index is 13.0. The SMILES string of the molecule is COC(=O)c1ccc(NC(=O)CSc2nnc3n(Cc4ccco4)c(=O)c4sccc4n23)cc1. The van der Waals surface area contributed by atoms with E-state index in [1.54, 1.807) is 47.1 Å². The van der Waals surface area contributed by atoms with Gasteiger partial charge in [0.2, 0.25) is 11.7 Å². The van der Waals surface area contributed by atoms with Gasteiger partial charge >= 0.3 is 5.97 Å². The molecule has 4 aromatic heterocycles. The zero-order valence-electron chi connectivity index (χ0n) is 17.8. The minimum atomic E-state index is -0.447. The van der Waals surface area contributed by atoms with Gasteiger partial charge in [0.15, 0.2) is 5.16 Å². The van der Waals surface area contributed by atoms with Crippen molar-refractivity contribution in [3.05, 3.63) is 75.8 Å². The number of hydrogen-bond donors (Lipinski definition) is 1. The summed E-state index contributed by atoms with van der Waals surface area (Å²) in [6, 6.07) is 11.8. The van der Waals surface area contributed by atoms with Gasteiger partial charge in [-0.15, -0.1) is 21.5 Å².